The van der Waals surface area contributed by atoms with Gasteiger partial charge in [0.25, 0.3) is 0 Å². The fourth-order valence-electron chi connectivity index (χ4n) is 1.91. The molecule has 0 atom stereocenters. The monoisotopic (exact) mass is 254 g/mol. The topological polar surface area (TPSA) is 29.3 Å². The van der Waals surface area contributed by atoms with Gasteiger partial charge in [-0.3, -0.25) is 4.90 Å². The van der Waals surface area contributed by atoms with Gasteiger partial charge >= 0.3 is 0 Å². The summed E-state index contributed by atoms with van der Waals surface area (Å²) in [6.07, 6.45) is 2.65. The van der Waals surface area contributed by atoms with Crippen LogP contribution in [0, 0.1) is 0 Å². The largest absolute Gasteiger partial charge is 0.398 e. The Morgan fingerprint density at radius 1 is 1.29 bits per heavy atom. The molecule has 0 aromatic heterocycles. The van der Waals surface area contributed by atoms with Crippen LogP contribution in [0.25, 0.3) is 0 Å². The van der Waals surface area contributed by atoms with Crippen molar-refractivity contribution in [3.05, 3.63) is 28.2 Å². The maximum atomic E-state index is 5.94. The Bertz CT molecular complexity index is 299. The molecule has 2 rings (SSSR count). The Morgan fingerprint density at radius 2 is 2.00 bits per heavy atom. The van der Waals surface area contributed by atoms with Crippen LogP contribution in [-0.4, -0.2) is 18.0 Å². The number of hydrogen-bond acceptors (Lipinski definition) is 2. The Morgan fingerprint density at radius 3 is 2.64 bits per heavy atom. The van der Waals surface area contributed by atoms with E-state index in [2.05, 4.69) is 26.9 Å². The molecular weight excluding hydrogens is 240 g/mol. The highest BCUT2D eigenvalue weighted by atomic mass is 79.9. The standard InChI is InChI=1S/C11H15BrN2/c12-10-4-3-5-11(13)9(10)8-14-6-1-2-7-14/h3-5H,1-2,6-8,13H2. The lowest BCUT2D eigenvalue weighted by molar-refractivity contribution is 0.331. The number of nitrogens with zero attached hydrogens (tertiary/aromatic N) is 1. The quantitative estimate of drug-likeness (QED) is 0.823. The number of nitrogens with two attached hydrogens (primary N) is 1. The van der Waals surface area contributed by atoms with Gasteiger partial charge in [-0.15, -0.1) is 0 Å². The average molecular weight is 255 g/mol. The second-order valence-corrected chi connectivity index (χ2v) is 4.65. The van der Waals surface area contributed by atoms with Crippen molar-refractivity contribution in [1.29, 1.82) is 0 Å². The summed E-state index contributed by atoms with van der Waals surface area (Å²) in [6.45, 7) is 3.40. The molecule has 2 N–H and O–H groups in total. The van der Waals surface area contributed by atoms with E-state index in [0.717, 1.165) is 16.7 Å². The zero-order valence-electron chi connectivity index (χ0n) is 8.17. The molecule has 1 heterocycles. The number of nitrogen functional groups attached to an aromatic ring is 1. The van der Waals surface area contributed by atoms with Crippen LogP contribution in [0.2, 0.25) is 0 Å². The van der Waals surface area contributed by atoms with Gasteiger partial charge in [0, 0.05) is 22.3 Å². The van der Waals surface area contributed by atoms with Gasteiger partial charge in [-0.2, -0.15) is 0 Å². The van der Waals surface area contributed by atoms with E-state index >= 15 is 0 Å². The highest BCUT2D eigenvalue weighted by Gasteiger charge is 2.14. The lowest BCUT2D eigenvalue weighted by Crippen LogP contribution is -2.19. The van der Waals surface area contributed by atoms with E-state index in [4.69, 9.17) is 5.73 Å². The van der Waals surface area contributed by atoms with Crippen molar-refractivity contribution >= 4 is 21.6 Å². The highest BCUT2D eigenvalue weighted by Crippen LogP contribution is 2.25. The van der Waals surface area contributed by atoms with Crippen molar-refractivity contribution in [1.82, 2.24) is 4.90 Å². The molecule has 3 heteroatoms. The van der Waals surface area contributed by atoms with Crippen molar-refractivity contribution in [2.45, 2.75) is 19.4 Å². The van der Waals surface area contributed by atoms with E-state index < -0.39 is 0 Å². The number of likely N-dealkylation sites (tertiary alicyclic amines) is 1. The summed E-state index contributed by atoms with van der Waals surface area (Å²) in [5, 5.41) is 0. The van der Waals surface area contributed by atoms with E-state index in [9.17, 15) is 0 Å². The minimum Gasteiger partial charge on any atom is -0.398 e. The van der Waals surface area contributed by atoms with Gasteiger partial charge < -0.3 is 5.73 Å². The van der Waals surface area contributed by atoms with E-state index in [1.807, 2.05) is 12.1 Å². The van der Waals surface area contributed by atoms with Crippen LogP contribution in [-0.2, 0) is 6.54 Å². The molecule has 76 valence electrons. The lowest BCUT2D eigenvalue weighted by atomic mass is 10.2. The first-order valence-corrected chi connectivity index (χ1v) is 5.82. The molecular formula is C11H15BrN2. The maximum Gasteiger partial charge on any atom is 0.0371 e. The first-order chi connectivity index (χ1) is 6.77. The fraction of sp³-hybridized carbons (Fsp3) is 0.455. The third-order valence-electron chi connectivity index (χ3n) is 2.74. The predicted octanol–water partition coefficient (Wildman–Crippen LogP) is 2.63. The minimum absolute atomic E-state index is 0.895. The first-order valence-electron chi connectivity index (χ1n) is 5.02. The Hall–Kier alpha value is -0.540. The second kappa shape index (κ2) is 4.32. The van der Waals surface area contributed by atoms with Crippen LogP contribution in [0.15, 0.2) is 22.7 Å². The summed E-state index contributed by atoms with van der Waals surface area (Å²) in [6, 6.07) is 6.00. The molecule has 0 unspecified atom stereocenters. The third kappa shape index (κ3) is 2.10. The summed E-state index contributed by atoms with van der Waals surface area (Å²) in [7, 11) is 0. The number of rotatable bonds is 2. The summed E-state index contributed by atoms with van der Waals surface area (Å²) in [5.74, 6) is 0. The number of anilines is 1. The molecule has 1 saturated heterocycles. The summed E-state index contributed by atoms with van der Waals surface area (Å²) in [5.41, 5.74) is 8.07. The van der Waals surface area contributed by atoms with Crippen molar-refractivity contribution in [2.24, 2.45) is 0 Å². The Kier molecular flexibility index (Phi) is 3.08. The molecule has 0 aliphatic carbocycles. The van der Waals surface area contributed by atoms with Crippen molar-refractivity contribution in [2.75, 3.05) is 18.8 Å². The van der Waals surface area contributed by atoms with Gasteiger partial charge in [-0.25, -0.2) is 0 Å². The van der Waals surface area contributed by atoms with E-state index in [1.54, 1.807) is 0 Å². The summed E-state index contributed by atoms with van der Waals surface area (Å²) in [4.78, 5) is 2.45. The van der Waals surface area contributed by atoms with Crippen LogP contribution in [0.3, 0.4) is 0 Å². The molecule has 1 aliphatic rings. The summed E-state index contributed by atoms with van der Waals surface area (Å²) >= 11 is 3.55. The van der Waals surface area contributed by atoms with Crippen LogP contribution < -0.4 is 5.73 Å². The highest BCUT2D eigenvalue weighted by molar-refractivity contribution is 9.10. The zero-order valence-corrected chi connectivity index (χ0v) is 9.76. The zero-order chi connectivity index (χ0) is 9.97. The van der Waals surface area contributed by atoms with Gasteiger partial charge in [0.05, 0.1) is 0 Å². The predicted molar refractivity (Wildman–Crippen MR) is 63.1 cm³/mol. The molecule has 14 heavy (non-hydrogen) atoms. The minimum atomic E-state index is 0.895. The summed E-state index contributed by atoms with van der Waals surface area (Å²) < 4.78 is 1.13. The smallest absolute Gasteiger partial charge is 0.0371 e. The number of hydrogen-bond donors (Lipinski definition) is 1. The molecule has 2 nitrogen and oxygen atoms in total. The number of benzene rings is 1. The van der Waals surface area contributed by atoms with Gasteiger partial charge in [-0.05, 0) is 38.1 Å². The van der Waals surface area contributed by atoms with E-state index in [1.165, 1.54) is 31.5 Å². The van der Waals surface area contributed by atoms with E-state index in [0.29, 0.717) is 0 Å². The molecule has 0 radical (unpaired) electrons. The van der Waals surface area contributed by atoms with Gasteiger partial charge in [0.1, 0.15) is 0 Å². The fourth-order valence-corrected chi connectivity index (χ4v) is 2.41. The second-order valence-electron chi connectivity index (χ2n) is 3.79. The Balaban J connectivity index is 2.14. The molecule has 1 aromatic rings. The van der Waals surface area contributed by atoms with Crippen molar-refractivity contribution in [3.8, 4) is 0 Å². The molecule has 1 fully saturated rings. The molecule has 1 aromatic carbocycles. The molecule has 0 amide bonds. The Labute approximate surface area is 93.2 Å². The van der Waals surface area contributed by atoms with Gasteiger partial charge in [0.2, 0.25) is 0 Å². The first kappa shape index (κ1) is 9.99. The van der Waals surface area contributed by atoms with Crippen molar-refractivity contribution < 1.29 is 0 Å². The number of halogens is 1. The molecule has 0 saturated carbocycles. The maximum absolute atomic E-state index is 5.94. The van der Waals surface area contributed by atoms with E-state index in [-0.39, 0.29) is 0 Å². The average Bonchev–Trinajstić information content (AvgIpc) is 2.64. The van der Waals surface area contributed by atoms with Crippen LogP contribution >= 0.6 is 15.9 Å². The SMILES string of the molecule is Nc1cccc(Br)c1CN1CCCC1. The third-order valence-corrected chi connectivity index (χ3v) is 3.48. The van der Waals surface area contributed by atoms with Crippen LogP contribution in [0.1, 0.15) is 18.4 Å². The van der Waals surface area contributed by atoms with Crippen molar-refractivity contribution in [3.63, 3.8) is 0 Å². The van der Waals surface area contributed by atoms with Gasteiger partial charge in [0.15, 0.2) is 0 Å². The molecule has 0 spiro atoms. The van der Waals surface area contributed by atoms with Gasteiger partial charge in [-0.1, -0.05) is 22.0 Å². The molecule has 1 aliphatic heterocycles. The molecule has 0 bridgehead atoms. The lowest BCUT2D eigenvalue weighted by Gasteiger charge is -2.17. The normalized spacial score (nSPS) is 17.5. The van der Waals surface area contributed by atoms with Crippen LogP contribution in [0.4, 0.5) is 5.69 Å². The van der Waals surface area contributed by atoms with Crippen LogP contribution in [0.5, 0.6) is 0 Å².